The van der Waals surface area contributed by atoms with Crippen molar-refractivity contribution in [3.63, 3.8) is 0 Å². The minimum atomic E-state index is -0.568. The molecule has 1 heterocycles. The van der Waals surface area contributed by atoms with Crippen LogP contribution in [0.2, 0.25) is 0 Å². The predicted molar refractivity (Wildman–Crippen MR) is 49.8 cm³/mol. The summed E-state index contributed by atoms with van der Waals surface area (Å²) in [4.78, 5) is 0. The van der Waals surface area contributed by atoms with Crippen LogP contribution < -0.4 is 5.73 Å². The largest absolute Gasteiger partial charge is 0.493 e. The molecule has 0 spiro atoms. The normalized spacial score (nSPS) is 32.3. The van der Waals surface area contributed by atoms with Crippen LogP contribution >= 0.6 is 0 Å². The highest BCUT2D eigenvalue weighted by Gasteiger charge is 2.24. The van der Waals surface area contributed by atoms with Gasteiger partial charge >= 0.3 is 0 Å². The average molecular weight is 179 g/mol. The second-order valence-electron chi connectivity index (χ2n) is 3.28. The lowest BCUT2D eigenvalue weighted by molar-refractivity contribution is 0.182. The van der Waals surface area contributed by atoms with Gasteiger partial charge in [0.1, 0.15) is 6.10 Å². The molecule has 1 aliphatic heterocycles. The van der Waals surface area contributed by atoms with E-state index >= 15 is 0 Å². The van der Waals surface area contributed by atoms with E-state index in [0.717, 1.165) is 5.57 Å². The molecule has 0 saturated heterocycles. The van der Waals surface area contributed by atoms with Crippen molar-refractivity contribution in [2.24, 2.45) is 11.7 Å². The zero-order chi connectivity index (χ0) is 9.26. The Morgan fingerprint density at radius 3 is 3.15 bits per heavy atom. The molecule has 0 aromatic carbocycles. The first-order valence-electron chi connectivity index (χ1n) is 4.41. The zero-order valence-corrected chi connectivity index (χ0v) is 7.26. The summed E-state index contributed by atoms with van der Waals surface area (Å²) in [7, 11) is 0. The maximum Gasteiger partial charge on any atom is 0.126 e. The molecule has 3 unspecified atom stereocenters. The molecule has 0 aromatic heterocycles. The van der Waals surface area contributed by atoms with Gasteiger partial charge in [0, 0.05) is 12.5 Å². The van der Waals surface area contributed by atoms with Crippen molar-refractivity contribution >= 4 is 0 Å². The molecule has 2 aliphatic rings. The number of hydrogen-bond acceptors (Lipinski definition) is 3. The Morgan fingerprint density at radius 2 is 2.38 bits per heavy atom. The number of rotatable bonds is 2. The number of nitrogens with two attached hydrogens (primary N) is 1. The van der Waals surface area contributed by atoms with Crippen molar-refractivity contribution in [3.05, 3.63) is 36.1 Å². The minimum Gasteiger partial charge on any atom is -0.493 e. The van der Waals surface area contributed by atoms with Crippen LogP contribution in [0.15, 0.2) is 36.1 Å². The zero-order valence-electron chi connectivity index (χ0n) is 7.26. The summed E-state index contributed by atoms with van der Waals surface area (Å²) in [6, 6.07) is 0. The number of hydrogen-bond donors (Lipinski definition) is 2. The molecule has 0 aromatic rings. The van der Waals surface area contributed by atoms with E-state index in [9.17, 15) is 5.11 Å². The Hall–Kier alpha value is -1.06. The van der Waals surface area contributed by atoms with Gasteiger partial charge in [0.15, 0.2) is 0 Å². The Labute approximate surface area is 77.2 Å². The summed E-state index contributed by atoms with van der Waals surface area (Å²) in [6.45, 7) is 0.251. The maximum absolute atomic E-state index is 9.48. The van der Waals surface area contributed by atoms with Crippen LogP contribution in [0.4, 0.5) is 0 Å². The quantitative estimate of drug-likeness (QED) is 0.642. The molecule has 70 valence electrons. The molecule has 0 fully saturated rings. The molecule has 13 heavy (non-hydrogen) atoms. The van der Waals surface area contributed by atoms with E-state index in [2.05, 4.69) is 0 Å². The van der Waals surface area contributed by atoms with Crippen LogP contribution in [0.25, 0.3) is 0 Å². The van der Waals surface area contributed by atoms with Crippen LogP contribution in [0, 0.1) is 5.92 Å². The van der Waals surface area contributed by atoms with E-state index < -0.39 is 6.10 Å². The highest BCUT2D eigenvalue weighted by molar-refractivity contribution is 5.33. The summed E-state index contributed by atoms with van der Waals surface area (Å²) in [5.74, 6) is 0.328. The summed E-state index contributed by atoms with van der Waals surface area (Å²) in [6.07, 6.45) is 9.07. The van der Waals surface area contributed by atoms with E-state index in [1.54, 1.807) is 6.26 Å². The van der Waals surface area contributed by atoms with Gasteiger partial charge < -0.3 is 15.6 Å². The molecule has 0 radical (unpaired) electrons. The van der Waals surface area contributed by atoms with Crippen LogP contribution in [0.5, 0.6) is 0 Å². The van der Waals surface area contributed by atoms with Crippen LogP contribution in [-0.4, -0.2) is 23.9 Å². The molecule has 3 heteroatoms. The van der Waals surface area contributed by atoms with Crippen LogP contribution in [0.3, 0.4) is 0 Å². The molecular formula is C10H13NO2. The third-order valence-corrected chi connectivity index (χ3v) is 2.39. The van der Waals surface area contributed by atoms with Gasteiger partial charge in [-0.25, -0.2) is 0 Å². The van der Waals surface area contributed by atoms with Gasteiger partial charge in [0.25, 0.3) is 0 Å². The molecule has 2 rings (SSSR count). The first-order chi connectivity index (χ1) is 6.31. The first kappa shape index (κ1) is 8.53. The summed E-state index contributed by atoms with van der Waals surface area (Å²) in [5.41, 5.74) is 6.21. The van der Waals surface area contributed by atoms with Gasteiger partial charge in [-0.3, -0.25) is 0 Å². The van der Waals surface area contributed by atoms with Gasteiger partial charge in [0.2, 0.25) is 0 Å². The van der Waals surface area contributed by atoms with E-state index in [-0.39, 0.29) is 12.6 Å². The second kappa shape index (κ2) is 3.36. The van der Waals surface area contributed by atoms with Gasteiger partial charge in [0.05, 0.1) is 12.4 Å². The molecule has 0 saturated carbocycles. The number of aliphatic hydroxyl groups excluding tert-OH is 1. The van der Waals surface area contributed by atoms with Gasteiger partial charge in [-0.1, -0.05) is 12.2 Å². The summed E-state index contributed by atoms with van der Waals surface area (Å²) < 4.78 is 5.32. The minimum absolute atomic E-state index is 0.0567. The number of ether oxygens (including phenoxy) is 1. The monoisotopic (exact) mass is 179 g/mol. The maximum atomic E-state index is 9.48. The molecule has 0 bridgehead atoms. The average Bonchev–Trinajstić information content (AvgIpc) is 2.63. The fourth-order valence-electron chi connectivity index (χ4n) is 1.58. The first-order valence-corrected chi connectivity index (χ1v) is 4.41. The van der Waals surface area contributed by atoms with E-state index in [4.69, 9.17) is 10.5 Å². The third kappa shape index (κ3) is 1.53. The summed E-state index contributed by atoms with van der Waals surface area (Å²) >= 11 is 0. The number of aliphatic hydroxyl groups is 1. The Balaban J connectivity index is 2.12. The smallest absolute Gasteiger partial charge is 0.126 e. The molecule has 0 amide bonds. The van der Waals surface area contributed by atoms with E-state index in [0.29, 0.717) is 5.92 Å². The van der Waals surface area contributed by atoms with Gasteiger partial charge in [-0.15, -0.1) is 0 Å². The predicted octanol–water partition coefficient (Wildman–Crippen LogP) is 0.331. The SMILES string of the molecule is NCC(O)C1=CC2OC=CC2C=C1. The standard InChI is InChI=1S/C10H13NO2/c11-6-9(12)8-2-1-7-3-4-13-10(7)5-8/h1-5,7,9-10,12H,6,11H2. The highest BCUT2D eigenvalue weighted by Crippen LogP contribution is 2.26. The van der Waals surface area contributed by atoms with Crippen molar-refractivity contribution in [1.29, 1.82) is 0 Å². The van der Waals surface area contributed by atoms with Crippen molar-refractivity contribution in [1.82, 2.24) is 0 Å². The Morgan fingerprint density at radius 1 is 1.54 bits per heavy atom. The molecule has 1 aliphatic carbocycles. The third-order valence-electron chi connectivity index (χ3n) is 2.39. The van der Waals surface area contributed by atoms with Crippen molar-refractivity contribution in [3.8, 4) is 0 Å². The molecule has 3 nitrogen and oxygen atoms in total. The lowest BCUT2D eigenvalue weighted by Crippen LogP contribution is -2.25. The molecule has 3 atom stereocenters. The fourth-order valence-corrected chi connectivity index (χ4v) is 1.58. The topological polar surface area (TPSA) is 55.5 Å². The highest BCUT2D eigenvalue weighted by atomic mass is 16.5. The van der Waals surface area contributed by atoms with Crippen molar-refractivity contribution in [2.45, 2.75) is 12.2 Å². The fraction of sp³-hybridized carbons (Fsp3) is 0.400. The molecule has 3 N–H and O–H groups in total. The lowest BCUT2D eigenvalue weighted by Gasteiger charge is -2.20. The molecular weight excluding hydrogens is 166 g/mol. The van der Waals surface area contributed by atoms with Gasteiger partial charge in [-0.05, 0) is 17.7 Å². The van der Waals surface area contributed by atoms with Crippen molar-refractivity contribution < 1.29 is 9.84 Å². The Kier molecular flexibility index (Phi) is 2.20. The second-order valence-corrected chi connectivity index (χ2v) is 3.28. The van der Waals surface area contributed by atoms with Crippen molar-refractivity contribution in [2.75, 3.05) is 6.54 Å². The van der Waals surface area contributed by atoms with Crippen LogP contribution in [0.1, 0.15) is 0 Å². The van der Waals surface area contributed by atoms with E-state index in [1.165, 1.54) is 0 Å². The summed E-state index contributed by atoms with van der Waals surface area (Å²) in [5, 5.41) is 9.48. The lowest BCUT2D eigenvalue weighted by atomic mass is 9.93. The Bertz CT molecular complexity index is 281. The van der Waals surface area contributed by atoms with E-state index in [1.807, 2.05) is 24.3 Å². The van der Waals surface area contributed by atoms with Crippen LogP contribution in [-0.2, 0) is 4.74 Å². The van der Waals surface area contributed by atoms with Gasteiger partial charge in [-0.2, -0.15) is 0 Å². The number of fused-ring (bicyclic) bond motifs is 1.